The molecule has 2 rings (SSSR count). The van der Waals surface area contributed by atoms with Crippen LogP contribution < -0.4 is 14.2 Å². The molecule has 0 heterocycles. The SMILES string of the molecule is CC=Cc1ccc(OCCCCOc2ccc(C=O)cc2)c(OC)c1. The lowest BCUT2D eigenvalue weighted by Gasteiger charge is -2.11. The summed E-state index contributed by atoms with van der Waals surface area (Å²) >= 11 is 0. The van der Waals surface area contributed by atoms with Gasteiger partial charge >= 0.3 is 0 Å². The molecule has 0 saturated heterocycles. The van der Waals surface area contributed by atoms with Crippen molar-refractivity contribution in [2.45, 2.75) is 19.8 Å². The highest BCUT2D eigenvalue weighted by Gasteiger charge is 2.04. The maximum absolute atomic E-state index is 10.6. The van der Waals surface area contributed by atoms with Gasteiger partial charge in [-0.2, -0.15) is 0 Å². The van der Waals surface area contributed by atoms with Crippen molar-refractivity contribution in [3.8, 4) is 17.2 Å². The molecule has 0 aromatic heterocycles. The molecule has 0 spiro atoms. The highest BCUT2D eigenvalue weighted by atomic mass is 16.5. The van der Waals surface area contributed by atoms with Crippen LogP contribution in [-0.4, -0.2) is 26.6 Å². The summed E-state index contributed by atoms with van der Waals surface area (Å²) in [6.45, 7) is 3.20. The second-order valence-electron chi connectivity index (χ2n) is 5.50. The number of hydrogen-bond acceptors (Lipinski definition) is 4. The first-order valence-corrected chi connectivity index (χ1v) is 8.38. The first kappa shape index (κ1) is 18.6. The normalized spacial score (nSPS) is 10.6. The van der Waals surface area contributed by atoms with Crippen molar-refractivity contribution in [1.82, 2.24) is 0 Å². The molecule has 0 bridgehead atoms. The summed E-state index contributed by atoms with van der Waals surface area (Å²) in [4.78, 5) is 10.6. The van der Waals surface area contributed by atoms with Crippen LogP contribution in [0.4, 0.5) is 0 Å². The largest absolute Gasteiger partial charge is 0.494 e. The van der Waals surface area contributed by atoms with Crippen molar-refractivity contribution in [1.29, 1.82) is 0 Å². The Kier molecular flexibility index (Phi) is 7.57. The molecule has 2 aromatic carbocycles. The van der Waals surface area contributed by atoms with Crippen LogP contribution in [0.15, 0.2) is 48.5 Å². The molecule has 0 radical (unpaired) electrons. The van der Waals surface area contributed by atoms with Crippen molar-refractivity contribution in [3.63, 3.8) is 0 Å². The summed E-state index contributed by atoms with van der Waals surface area (Å²) in [5, 5.41) is 0. The third-order valence-corrected chi connectivity index (χ3v) is 3.63. The molecule has 4 nitrogen and oxygen atoms in total. The standard InChI is InChI=1S/C21H24O4/c1-3-6-17-9-12-20(21(15-17)23-2)25-14-5-4-13-24-19-10-7-18(16-22)8-11-19/h3,6-12,15-16H,4-5,13-14H2,1-2H3. The number of ether oxygens (including phenoxy) is 3. The van der Waals surface area contributed by atoms with Gasteiger partial charge in [0.15, 0.2) is 11.5 Å². The van der Waals surface area contributed by atoms with E-state index in [1.807, 2.05) is 37.3 Å². The fourth-order valence-corrected chi connectivity index (χ4v) is 2.32. The Morgan fingerprint density at radius 1 is 0.880 bits per heavy atom. The minimum Gasteiger partial charge on any atom is -0.494 e. The minimum absolute atomic E-state index is 0.604. The number of carbonyl (C=O) groups is 1. The molecule has 2 aromatic rings. The molecular formula is C21H24O4. The second-order valence-corrected chi connectivity index (χ2v) is 5.50. The number of allylic oxidation sites excluding steroid dienone is 1. The Morgan fingerprint density at radius 2 is 1.56 bits per heavy atom. The summed E-state index contributed by atoms with van der Waals surface area (Å²) < 4.78 is 16.8. The summed E-state index contributed by atoms with van der Waals surface area (Å²) in [6.07, 6.45) is 6.59. The third-order valence-electron chi connectivity index (χ3n) is 3.63. The zero-order chi connectivity index (χ0) is 17.9. The van der Waals surface area contributed by atoms with Crippen LogP contribution in [0.2, 0.25) is 0 Å². The average molecular weight is 340 g/mol. The average Bonchev–Trinajstić information content (AvgIpc) is 2.66. The molecule has 4 heteroatoms. The van der Waals surface area contributed by atoms with Crippen LogP contribution in [0.3, 0.4) is 0 Å². The van der Waals surface area contributed by atoms with Gasteiger partial charge in [0.25, 0.3) is 0 Å². The van der Waals surface area contributed by atoms with Crippen LogP contribution >= 0.6 is 0 Å². The Balaban J connectivity index is 1.71. The van der Waals surface area contributed by atoms with Gasteiger partial charge in [-0.25, -0.2) is 0 Å². The lowest BCUT2D eigenvalue weighted by molar-refractivity contribution is 0.112. The molecule has 132 valence electrons. The number of benzene rings is 2. The Labute approximate surface area is 149 Å². The lowest BCUT2D eigenvalue weighted by Crippen LogP contribution is -2.03. The van der Waals surface area contributed by atoms with Crippen LogP contribution in [0, 0.1) is 0 Å². The zero-order valence-corrected chi connectivity index (χ0v) is 14.7. The quantitative estimate of drug-likeness (QED) is 0.461. The van der Waals surface area contributed by atoms with Gasteiger partial charge in [-0.15, -0.1) is 0 Å². The lowest BCUT2D eigenvalue weighted by atomic mass is 10.2. The van der Waals surface area contributed by atoms with Gasteiger partial charge in [-0.1, -0.05) is 18.2 Å². The fourth-order valence-electron chi connectivity index (χ4n) is 2.32. The highest BCUT2D eigenvalue weighted by Crippen LogP contribution is 2.28. The van der Waals surface area contributed by atoms with Crippen molar-refractivity contribution in [3.05, 3.63) is 59.7 Å². The van der Waals surface area contributed by atoms with E-state index in [0.29, 0.717) is 18.8 Å². The number of aldehydes is 1. The number of unbranched alkanes of at least 4 members (excludes halogenated alkanes) is 1. The van der Waals surface area contributed by atoms with Crippen LogP contribution in [0.5, 0.6) is 17.2 Å². The van der Waals surface area contributed by atoms with Gasteiger partial charge in [-0.3, -0.25) is 4.79 Å². The molecule has 0 aliphatic rings. The molecular weight excluding hydrogens is 316 g/mol. The minimum atomic E-state index is 0.604. The molecule has 0 aliphatic carbocycles. The van der Waals surface area contributed by atoms with E-state index in [1.54, 1.807) is 31.4 Å². The molecule has 0 saturated carbocycles. The van der Waals surface area contributed by atoms with E-state index in [4.69, 9.17) is 14.2 Å². The second kappa shape index (κ2) is 10.2. The van der Waals surface area contributed by atoms with Crippen molar-refractivity contribution in [2.24, 2.45) is 0 Å². The Morgan fingerprint density at radius 3 is 2.20 bits per heavy atom. The Bertz CT molecular complexity index is 690. The van der Waals surface area contributed by atoms with E-state index in [9.17, 15) is 4.79 Å². The van der Waals surface area contributed by atoms with Gasteiger partial charge in [-0.05, 0) is 61.7 Å². The molecule has 25 heavy (non-hydrogen) atoms. The van der Waals surface area contributed by atoms with Crippen LogP contribution in [-0.2, 0) is 0 Å². The van der Waals surface area contributed by atoms with Crippen molar-refractivity contribution in [2.75, 3.05) is 20.3 Å². The van der Waals surface area contributed by atoms with Gasteiger partial charge in [0, 0.05) is 5.56 Å². The fraction of sp³-hybridized carbons (Fsp3) is 0.286. The number of hydrogen-bond donors (Lipinski definition) is 0. The molecule has 0 amide bonds. The number of rotatable bonds is 10. The van der Waals surface area contributed by atoms with Crippen molar-refractivity contribution < 1.29 is 19.0 Å². The zero-order valence-electron chi connectivity index (χ0n) is 14.7. The molecule has 0 aliphatic heterocycles. The van der Waals surface area contributed by atoms with Gasteiger partial charge in [0.2, 0.25) is 0 Å². The van der Waals surface area contributed by atoms with E-state index in [1.165, 1.54) is 0 Å². The molecule has 0 atom stereocenters. The predicted octanol–water partition coefficient (Wildman–Crippen LogP) is 4.78. The summed E-state index contributed by atoms with van der Waals surface area (Å²) in [5.41, 5.74) is 1.73. The molecule has 0 fully saturated rings. The monoisotopic (exact) mass is 340 g/mol. The summed E-state index contributed by atoms with van der Waals surface area (Å²) in [6, 6.07) is 13.0. The van der Waals surface area contributed by atoms with Gasteiger partial charge < -0.3 is 14.2 Å². The maximum atomic E-state index is 10.6. The van der Waals surface area contributed by atoms with Gasteiger partial charge in [0.05, 0.1) is 20.3 Å². The molecule has 0 unspecified atom stereocenters. The number of carbonyl (C=O) groups excluding carboxylic acids is 1. The third kappa shape index (κ3) is 5.99. The first-order valence-electron chi connectivity index (χ1n) is 8.38. The maximum Gasteiger partial charge on any atom is 0.161 e. The van der Waals surface area contributed by atoms with E-state index in [0.717, 1.165) is 41.9 Å². The van der Waals surface area contributed by atoms with Gasteiger partial charge in [0.1, 0.15) is 12.0 Å². The van der Waals surface area contributed by atoms with Crippen molar-refractivity contribution >= 4 is 12.4 Å². The smallest absolute Gasteiger partial charge is 0.161 e. The van der Waals surface area contributed by atoms with E-state index >= 15 is 0 Å². The summed E-state index contributed by atoms with van der Waals surface area (Å²) in [7, 11) is 1.64. The summed E-state index contributed by atoms with van der Waals surface area (Å²) in [5.74, 6) is 2.26. The topological polar surface area (TPSA) is 44.8 Å². The highest BCUT2D eigenvalue weighted by molar-refractivity contribution is 5.74. The Hall–Kier alpha value is -2.75. The first-order chi connectivity index (χ1) is 12.3. The van der Waals surface area contributed by atoms with Crippen LogP contribution in [0.1, 0.15) is 35.7 Å². The molecule has 0 N–H and O–H groups in total. The predicted molar refractivity (Wildman–Crippen MR) is 99.8 cm³/mol. The van der Waals surface area contributed by atoms with E-state index in [-0.39, 0.29) is 0 Å². The van der Waals surface area contributed by atoms with Crippen LogP contribution in [0.25, 0.3) is 6.08 Å². The number of methoxy groups -OCH3 is 1. The van der Waals surface area contributed by atoms with E-state index < -0.39 is 0 Å². The van der Waals surface area contributed by atoms with E-state index in [2.05, 4.69) is 0 Å².